The van der Waals surface area contributed by atoms with Crippen LogP contribution in [-0.2, 0) is 13.5 Å². The van der Waals surface area contributed by atoms with E-state index >= 15 is 0 Å². The van der Waals surface area contributed by atoms with Crippen molar-refractivity contribution in [3.8, 4) is 0 Å². The van der Waals surface area contributed by atoms with Gasteiger partial charge in [0.1, 0.15) is 0 Å². The highest BCUT2D eigenvalue weighted by Crippen LogP contribution is 2.15. The normalized spacial score (nSPS) is 12.7. The third-order valence-electron chi connectivity index (χ3n) is 2.47. The average molecular weight is 327 g/mol. The van der Waals surface area contributed by atoms with Crippen molar-refractivity contribution in [2.45, 2.75) is 12.5 Å². The lowest BCUT2D eigenvalue weighted by atomic mass is 10.0. The van der Waals surface area contributed by atoms with Crippen LogP contribution in [0.2, 0.25) is 0 Å². The summed E-state index contributed by atoms with van der Waals surface area (Å²) in [4.78, 5) is 4.27. The van der Waals surface area contributed by atoms with Crippen LogP contribution in [0.4, 0.5) is 0 Å². The lowest BCUT2D eigenvalue weighted by Crippen LogP contribution is -2.13. The molecule has 2 rings (SSSR count). The van der Waals surface area contributed by atoms with E-state index < -0.39 is 0 Å². The van der Waals surface area contributed by atoms with Crippen molar-refractivity contribution in [3.05, 3.63) is 51.6 Å². The molecule has 1 heterocycles. The van der Waals surface area contributed by atoms with E-state index in [1.165, 1.54) is 9.13 Å². The predicted molar refractivity (Wildman–Crippen MR) is 73.0 cm³/mol. The summed E-state index contributed by atoms with van der Waals surface area (Å²) in [7, 11) is 1.95. The first-order chi connectivity index (χ1) is 7.65. The molecule has 4 heteroatoms. The van der Waals surface area contributed by atoms with E-state index in [0.29, 0.717) is 0 Å². The number of hydrogen-bond donors (Lipinski definition) is 1. The molecule has 0 saturated heterocycles. The Morgan fingerprint density at radius 2 is 2.06 bits per heavy atom. The Morgan fingerprint density at radius 3 is 2.62 bits per heavy atom. The van der Waals surface area contributed by atoms with Crippen LogP contribution in [0, 0.1) is 3.57 Å². The molecule has 0 aliphatic heterocycles. The van der Waals surface area contributed by atoms with Crippen LogP contribution in [0.15, 0.2) is 36.8 Å². The highest BCUT2D eigenvalue weighted by molar-refractivity contribution is 14.1. The SMILES string of the molecule is Cn1cnc(C(N)Cc2ccc(I)cc2)c1. The summed E-state index contributed by atoms with van der Waals surface area (Å²) in [6.45, 7) is 0. The van der Waals surface area contributed by atoms with Gasteiger partial charge in [-0.2, -0.15) is 0 Å². The fourth-order valence-electron chi connectivity index (χ4n) is 1.60. The van der Waals surface area contributed by atoms with Crippen molar-refractivity contribution in [3.63, 3.8) is 0 Å². The maximum absolute atomic E-state index is 6.10. The number of hydrogen-bond acceptors (Lipinski definition) is 2. The summed E-state index contributed by atoms with van der Waals surface area (Å²) in [6.07, 6.45) is 4.58. The van der Waals surface area contributed by atoms with Crippen LogP contribution in [0.1, 0.15) is 17.3 Å². The Morgan fingerprint density at radius 1 is 1.38 bits per heavy atom. The van der Waals surface area contributed by atoms with Crippen LogP contribution >= 0.6 is 22.6 Å². The Hall–Kier alpha value is -0.880. The van der Waals surface area contributed by atoms with Gasteiger partial charge in [-0.1, -0.05) is 12.1 Å². The van der Waals surface area contributed by atoms with Gasteiger partial charge in [-0.15, -0.1) is 0 Å². The van der Waals surface area contributed by atoms with Gasteiger partial charge in [-0.3, -0.25) is 0 Å². The number of aromatic nitrogens is 2. The zero-order valence-corrected chi connectivity index (χ0v) is 11.3. The van der Waals surface area contributed by atoms with Crippen molar-refractivity contribution in [1.29, 1.82) is 0 Å². The van der Waals surface area contributed by atoms with Gasteiger partial charge < -0.3 is 10.3 Å². The fourth-order valence-corrected chi connectivity index (χ4v) is 1.96. The Bertz CT molecular complexity index is 461. The highest BCUT2D eigenvalue weighted by Gasteiger charge is 2.09. The molecule has 2 N–H and O–H groups in total. The van der Waals surface area contributed by atoms with Gasteiger partial charge in [0.05, 0.1) is 18.1 Å². The summed E-state index contributed by atoms with van der Waals surface area (Å²) >= 11 is 2.30. The van der Waals surface area contributed by atoms with E-state index in [4.69, 9.17) is 5.73 Å². The summed E-state index contributed by atoms with van der Waals surface area (Å²) < 4.78 is 3.16. The van der Waals surface area contributed by atoms with Crippen molar-refractivity contribution < 1.29 is 0 Å². The second kappa shape index (κ2) is 4.97. The summed E-state index contributed by atoms with van der Waals surface area (Å²) in [5.74, 6) is 0. The average Bonchev–Trinajstić information content (AvgIpc) is 2.68. The van der Waals surface area contributed by atoms with Gasteiger partial charge in [0.25, 0.3) is 0 Å². The molecule has 0 bridgehead atoms. The third kappa shape index (κ3) is 2.82. The zero-order chi connectivity index (χ0) is 11.5. The first kappa shape index (κ1) is 11.6. The summed E-state index contributed by atoms with van der Waals surface area (Å²) in [5, 5.41) is 0. The van der Waals surface area contributed by atoms with Crippen molar-refractivity contribution >= 4 is 22.6 Å². The van der Waals surface area contributed by atoms with Crippen LogP contribution in [-0.4, -0.2) is 9.55 Å². The molecule has 0 radical (unpaired) electrons. The fraction of sp³-hybridized carbons (Fsp3) is 0.250. The van der Waals surface area contributed by atoms with Gasteiger partial charge in [-0.25, -0.2) is 4.98 Å². The second-order valence-corrected chi connectivity index (χ2v) is 5.15. The molecular weight excluding hydrogens is 313 g/mol. The predicted octanol–water partition coefficient (Wildman–Crippen LogP) is 2.27. The van der Waals surface area contributed by atoms with Crippen LogP contribution in [0.25, 0.3) is 0 Å². The monoisotopic (exact) mass is 327 g/mol. The Kier molecular flexibility index (Phi) is 3.60. The molecule has 1 aromatic carbocycles. The molecule has 1 aromatic heterocycles. The molecule has 0 saturated carbocycles. The first-order valence-electron chi connectivity index (χ1n) is 5.13. The molecule has 0 amide bonds. The van der Waals surface area contributed by atoms with E-state index in [9.17, 15) is 0 Å². The van der Waals surface area contributed by atoms with Crippen LogP contribution in [0.5, 0.6) is 0 Å². The van der Waals surface area contributed by atoms with E-state index in [1.807, 2.05) is 17.8 Å². The molecule has 84 valence electrons. The van der Waals surface area contributed by atoms with Gasteiger partial charge in [0, 0.05) is 16.8 Å². The van der Waals surface area contributed by atoms with Crippen molar-refractivity contribution in [2.24, 2.45) is 12.8 Å². The van der Waals surface area contributed by atoms with Crippen molar-refractivity contribution in [1.82, 2.24) is 9.55 Å². The number of benzene rings is 1. The minimum Gasteiger partial charge on any atom is -0.340 e. The molecule has 1 unspecified atom stereocenters. The number of nitrogens with two attached hydrogens (primary N) is 1. The summed E-state index contributed by atoms with van der Waals surface area (Å²) in [5.41, 5.74) is 8.29. The smallest absolute Gasteiger partial charge is 0.0947 e. The maximum Gasteiger partial charge on any atom is 0.0947 e. The molecule has 3 nitrogen and oxygen atoms in total. The number of imidazole rings is 1. The molecule has 16 heavy (non-hydrogen) atoms. The maximum atomic E-state index is 6.10. The molecular formula is C12H14IN3. The van der Waals surface area contributed by atoms with Crippen LogP contribution in [0.3, 0.4) is 0 Å². The van der Waals surface area contributed by atoms with E-state index in [0.717, 1.165) is 12.1 Å². The van der Waals surface area contributed by atoms with Gasteiger partial charge in [-0.05, 0) is 46.7 Å². The lowest BCUT2D eigenvalue weighted by Gasteiger charge is -2.08. The lowest BCUT2D eigenvalue weighted by molar-refractivity contribution is 0.700. The molecule has 1 atom stereocenters. The molecule has 0 fully saturated rings. The number of aryl methyl sites for hydroxylation is 1. The van der Waals surface area contributed by atoms with Gasteiger partial charge in [0.15, 0.2) is 0 Å². The number of nitrogens with zero attached hydrogens (tertiary/aromatic N) is 2. The molecule has 0 aliphatic carbocycles. The topological polar surface area (TPSA) is 43.8 Å². The number of halogens is 1. The Balaban J connectivity index is 2.07. The van der Waals surface area contributed by atoms with Gasteiger partial charge in [0.2, 0.25) is 0 Å². The minimum atomic E-state index is -0.0266. The minimum absolute atomic E-state index is 0.0266. The van der Waals surface area contributed by atoms with Crippen molar-refractivity contribution in [2.75, 3.05) is 0 Å². The zero-order valence-electron chi connectivity index (χ0n) is 9.10. The molecule has 0 aliphatic rings. The second-order valence-electron chi connectivity index (χ2n) is 3.90. The highest BCUT2D eigenvalue weighted by atomic mass is 127. The van der Waals surface area contributed by atoms with E-state index in [-0.39, 0.29) is 6.04 Å². The van der Waals surface area contributed by atoms with E-state index in [1.54, 1.807) is 6.33 Å². The first-order valence-corrected chi connectivity index (χ1v) is 6.21. The quantitative estimate of drug-likeness (QED) is 0.879. The summed E-state index contributed by atoms with van der Waals surface area (Å²) in [6, 6.07) is 8.40. The third-order valence-corrected chi connectivity index (χ3v) is 3.19. The van der Waals surface area contributed by atoms with E-state index in [2.05, 4.69) is 51.8 Å². The Labute approximate surface area is 109 Å². The molecule has 2 aromatic rings. The van der Waals surface area contributed by atoms with Gasteiger partial charge >= 0.3 is 0 Å². The number of rotatable bonds is 3. The standard InChI is InChI=1S/C12H14IN3/c1-16-7-12(15-8-16)11(14)6-9-2-4-10(13)5-3-9/h2-5,7-8,11H,6,14H2,1H3. The molecule has 0 spiro atoms. The van der Waals surface area contributed by atoms with Crippen LogP contribution < -0.4 is 5.73 Å². The largest absolute Gasteiger partial charge is 0.340 e.